The number of benzene rings is 2. The van der Waals surface area contributed by atoms with Crippen LogP contribution < -0.4 is 15.4 Å². The number of amides is 3. The normalized spacial score (nSPS) is 26.1. The first-order valence-electron chi connectivity index (χ1n) is 9.95. The van der Waals surface area contributed by atoms with E-state index in [1.807, 2.05) is 30.3 Å². The molecular formula is C22H25FN4O3S. The van der Waals surface area contributed by atoms with Gasteiger partial charge in [-0.05, 0) is 35.4 Å². The van der Waals surface area contributed by atoms with Gasteiger partial charge in [0.05, 0.1) is 30.7 Å². The van der Waals surface area contributed by atoms with E-state index in [0.29, 0.717) is 5.75 Å². The number of thioether (sulfide) groups is 1. The van der Waals surface area contributed by atoms with Gasteiger partial charge in [0.15, 0.2) is 0 Å². The van der Waals surface area contributed by atoms with Gasteiger partial charge in [-0.15, -0.1) is 11.8 Å². The summed E-state index contributed by atoms with van der Waals surface area (Å²) in [5.41, 5.74) is 1.80. The van der Waals surface area contributed by atoms with Crippen LogP contribution in [0.5, 0.6) is 5.75 Å². The summed E-state index contributed by atoms with van der Waals surface area (Å²) in [5.74, 6) is 0.266. The Morgan fingerprint density at radius 1 is 1.10 bits per heavy atom. The van der Waals surface area contributed by atoms with Crippen LogP contribution in [-0.4, -0.2) is 54.5 Å². The van der Waals surface area contributed by atoms with Gasteiger partial charge in [0.1, 0.15) is 11.6 Å². The molecular weight excluding hydrogens is 419 g/mol. The van der Waals surface area contributed by atoms with Gasteiger partial charge >= 0.3 is 6.03 Å². The maximum Gasteiger partial charge on any atom is 0.327 e. The molecule has 0 spiro atoms. The number of methoxy groups -OCH3 is 1. The van der Waals surface area contributed by atoms with E-state index < -0.39 is 12.1 Å². The van der Waals surface area contributed by atoms with Crippen molar-refractivity contribution < 1.29 is 18.7 Å². The van der Waals surface area contributed by atoms with Crippen LogP contribution in [0, 0.1) is 11.7 Å². The zero-order valence-corrected chi connectivity index (χ0v) is 18.4. The SMILES string of the molecule is COc1ccc(C2NC(SCc3cccc(F)c3)C3C(=O)N(C)C(=O)N(C)C3N2)cc1. The second kappa shape index (κ2) is 8.86. The topological polar surface area (TPSA) is 73.9 Å². The van der Waals surface area contributed by atoms with E-state index in [0.717, 1.165) is 21.8 Å². The van der Waals surface area contributed by atoms with E-state index in [1.54, 1.807) is 25.1 Å². The van der Waals surface area contributed by atoms with E-state index >= 15 is 0 Å². The van der Waals surface area contributed by atoms with Gasteiger partial charge in [0.2, 0.25) is 5.91 Å². The van der Waals surface area contributed by atoms with Crippen LogP contribution >= 0.6 is 11.8 Å². The molecule has 2 N–H and O–H groups in total. The molecule has 31 heavy (non-hydrogen) atoms. The van der Waals surface area contributed by atoms with Gasteiger partial charge in [0, 0.05) is 19.8 Å². The Morgan fingerprint density at radius 3 is 2.52 bits per heavy atom. The predicted molar refractivity (Wildman–Crippen MR) is 117 cm³/mol. The third-order valence-electron chi connectivity index (χ3n) is 5.72. The minimum Gasteiger partial charge on any atom is -0.497 e. The number of nitrogens with zero attached hydrogens (tertiary/aromatic N) is 2. The van der Waals surface area contributed by atoms with Gasteiger partial charge in [0.25, 0.3) is 0 Å². The Labute approximate surface area is 184 Å². The quantitative estimate of drug-likeness (QED) is 0.739. The lowest BCUT2D eigenvalue weighted by Gasteiger charge is -2.50. The molecule has 0 saturated carbocycles. The summed E-state index contributed by atoms with van der Waals surface area (Å²) in [6.07, 6.45) is -0.738. The van der Waals surface area contributed by atoms with Crippen LogP contribution in [0.4, 0.5) is 9.18 Å². The molecule has 3 amide bonds. The first-order valence-corrected chi connectivity index (χ1v) is 11.0. The molecule has 0 aromatic heterocycles. The molecule has 2 saturated heterocycles. The molecule has 2 fully saturated rings. The summed E-state index contributed by atoms with van der Waals surface area (Å²) in [6.45, 7) is 0. The number of fused-ring (bicyclic) bond motifs is 1. The average Bonchev–Trinajstić information content (AvgIpc) is 2.79. The number of hydrogen-bond acceptors (Lipinski definition) is 6. The highest BCUT2D eigenvalue weighted by molar-refractivity contribution is 7.99. The van der Waals surface area contributed by atoms with Gasteiger partial charge in [-0.2, -0.15) is 0 Å². The van der Waals surface area contributed by atoms with Crippen LogP contribution in [0.1, 0.15) is 17.3 Å². The fraction of sp³-hybridized carbons (Fsp3) is 0.364. The predicted octanol–water partition coefficient (Wildman–Crippen LogP) is 2.75. The van der Waals surface area contributed by atoms with E-state index in [4.69, 9.17) is 4.74 Å². The zero-order valence-electron chi connectivity index (χ0n) is 17.5. The lowest BCUT2D eigenvalue weighted by Crippen LogP contribution is -2.72. The molecule has 2 aliphatic heterocycles. The molecule has 9 heteroatoms. The van der Waals surface area contributed by atoms with Crippen molar-refractivity contribution in [3.05, 3.63) is 65.5 Å². The van der Waals surface area contributed by atoms with Gasteiger partial charge in [-0.1, -0.05) is 24.3 Å². The van der Waals surface area contributed by atoms with Crippen molar-refractivity contribution in [2.24, 2.45) is 5.92 Å². The number of ether oxygens (including phenoxy) is 1. The number of carbonyl (C=O) groups is 2. The zero-order chi connectivity index (χ0) is 22.1. The Bertz CT molecular complexity index is 973. The average molecular weight is 445 g/mol. The summed E-state index contributed by atoms with van der Waals surface area (Å²) < 4.78 is 18.8. The molecule has 0 aliphatic carbocycles. The summed E-state index contributed by atoms with van der Waals surface area (Å²) in [5, 5.41) is 6.63. The Kier molecular flexibility index (Phi) is 6.17. The lowest BCUT2D eigenvalue weighted by atomic mass is 9.96. The number of halogens is 1. The molecule has 164 valence electrons. The summed E-state index contributed by atoms with van der Waals surface area (Å²) in [6, 6.07) is 13.7. The first-order chi connectivity index (χ1) is 14.9. The van der Waals surface area contributed by atoms with E-state index in [1.165, 1.54) is 30.9 Å². The van der Waals surface area contributed by atoms with E-state index in [2.05, 4.69) is 10.6 Å². The molecule has 4 unspecified atom stereocenters. The van der Waals surface area contributed by atoms with Crippen LogP contribution in [0.15, 0.2) is 48.5 Å². The molecule has 2 aliphatic rings. The standard InChI is InChI=1S/C22H25FN4O3S/c1-26-19-17(21(28)27(2)22(26)29)20(31-12-13-5-4-6-15(23)11-13)25-18(24-19)14-7-9-16(30-3)10-8-14/h4-11,17-20,24-25H,12H2,1-3H3. The number of nitrogens with one attached hydrogen (secondary N) is 2. The summed E-state index contributed by atoms with van der Waals surface area (Å²) in [7, 11) is 4.81. The molecule has 7 nitrogen and oxygen atoms in total. The molecule has 0 bridgehead atoms. The summed E-state index contributed by atoms with van der Waals surface area (Å²) >= 11 is 1.53. The smallest absolute Gasteiger partial charge is 0.327 e. The third kappa shape index (κ3) is 4.26. The van der Waals surface area contributed by atoms with Crippen molar-refractivity contribution in [1.29, 1.82) is 0 Å². The van der Waals surface area contributed by atoms with Gasteiger partial charge in [-0.3, -0.25) is 20.3 Å². The monoisotopic (exact) mass is 444 g/mol. The number of hydrogen-bond donors (Lipinski definition) is 2. The highest BCUT2D eigenvalue weighted by atomic mass is 32.2. The second-order valence-corrected chi connectivity index (χ2v) is 8.79. The number of rotatable bonds is 5. The maximum atomic E-state index is 13.6. The van der Waals surface area contributed by atoms with Crippen molar-refractivity contribution in [1.82, 2.24) is 20.4 Å². The van der Waals surface area contributed by atoms with E-state index in [-0.39, 0.29) is 29.3 Å². The fourth-order valence-electron chi connectivity index (χ4n) is 4.00. The number of imide groups is 1. The van der Waals surface area contributed by atoms with Crippen molar-refractivity contribution in [3.63, 3.8) is 0 Å². The maximum absolute atomic E-state index is 13.6. The Balaban J connectivity index is 1.61. The second-order valence-electron chi connectivity index (χ2n) is 7.66. The minimum atomic E-state index is -0.485. The molecule has 2 aromatic rings. The van der Waals surface area contributed by atoms with Crippen LogP contribution in [0.2, 0.25) is 0 Å². The highest BCUT2D eigenvalue weighted by Crippen LogP contribution is 2.35. The molecule has 2 heterocycles. The van der Waals surface area contributed by atoms with Gasteiger partial charge in [-0.25, -0.2) is 9.18 Å². The minimum absolute atomic E-state index is 0.238. The van der Waals surface area contributed by atoms with E-state index in [9.17, 15) is 14.0 Å². The Hall–Kier alpha value is -2.62. The third-order valence-corrected chi connectivity index (χ3v) is 7.01. The summed E-state index contributed by atoms with van der Waals surface area (Å²) in [4.78, 5) is 28.3. The van der Waals surface area contributed by atoms with Crippen molar-refractivity contribution in [2.45, 2.75) is 23.5 Å². The van der Waals surface area contributed by atoms with Crippen molar-refractivity contribution in [3.8, 4) is 5.75 Å². The van der Waals surface area contributed by atoms with Crippen molar-refractivity contribution >= 4 is 23.7 Å². The van der Waals surface area contributed by atoms with Crippen LogP contribution in [-0.2, 0) is 10.5 Å². The van der Waals surface area contributed by atoms with Crippen molar-refractivity contribution in [2.75, 3.05) is 21.2 Å². The largest absolute Gasteiger partial charge is 0.497 e. The molecule has 4 atom stereocenters. The molecule has 0 radical (unpaired) electrons. The number of carbonyl (C=O) groups excluding carboxylic acids is 2. The van der Waals surface area contributed by atoms with Gasteiger partial charge < -0.3 is 9.64 Å². The van der Waals surface area contributed by atoms with Crippen LogP contribution in [0.25, 0.3) is 0 Å². The first kappa shape index (κ1) is 21.6. The molecule has 2 aromatic carbocycles. The number of urea groups is 1. The fourth-order valence-corrected chi connectivity index (χ4v) is 5.26. The van der Waals surface area contributed by atoms with Crippen LogP contribution in [0.3, 0.4) is 0 Å². The molecule has 4 rings (SSSR count). The lowest BCUT2D eigenvalue weighted by molar-refractivity contribution is -0.140. The Morgan fingerprint density at radius 2 is 1.84 bits per heavy atom. The highest BCUT2D eigenvalue weighted by Gasteiger charge is 2.50.